The third-order valence-electron chi connectivity index (χ3n) is 9.25. The molecule has 0 atom stereocenters. The Labute approximate surface area is 304 Å². The molecular weight excluding hydrogens is 671 g/mol. The number of ether oxygens (including phenoxy) is 2. The van der Waals surface area contributed by atoms with Gasteiger partial charge in [0.05, 0.1) is 11.6 Å². The van der Waals surface area contributed by atoms with Crippen molar-refractivity contribution in [2.75, 3.05) is 50.0 Å². The number of amides is 2. The molecule has 2 N–H and O–H groups in total. The Kier molecular flexibility index (Phi) is 12.8. The Balaban J connectivity index is 1.36. The summed E-state index contributed by atoms with van der Waals surface area (Å²) in [5, 5.41) is 6.09. The highest BCUT2D eigenvalue weighted by Crippen LogP contribution is 2.33. The maximum absolute atomic E-state index is 15.1. The van der Waals surface area contributed by atoms with E-state index in [1.54, 1.807) is 29.2 Å². The Bertz CT molecular complexity index is 1860. The van der Waals surface area contributed by atoms with E-state index in [0.717, 1.165) is 42.7 Å². The van der Waals surface area contributed by atoms with E-state index in [-0.39, 0.29) is 39.8 Å². The number of benzene rings is 3. The van der Waals surface area contributed by atoms with Crippen LogP contribution in [0.3, 0.4) is 0 Å². The van der Waals surface area contributed by atoms with Gasteiger partial charge < -0.3 is 29.9 Å². The summed E-state index contributed by atoms with van der Waals surface area (Å²) in [4.78, 5) is 39.5. The van der Waals surface area contributed by atoms with Crippen molar-refractivity contribution < 1.29 is 23.5 Å². The molecule has 51 heavy (non-hydrogen) atoms. The van der Waals surface area contributed by atoms with Crippen LogP contribution in [0.1, 0.15) is 76.9 Å². The molecule has 0 saturated carbocycles. The van der Waals surface area contributed by atoms with Crippen molar-refractivity contribution in [1.29, 1.82) is 0 Å². The minimum Gasteiger partial charge on any atom is -0.490 e. The molecule has 4 aromatic rings. The number of carbonyl (C=O) groups is 2. The number of hydrogen-bond acceptors (Lipinski definition) is 8. The smallest absolute Gasteiger partial charge is 0.262 e. The van der Waals surface area contributed by atoms with Gasteiger partial charge in [0.2, 0.25) is 11.8 Å². The summed E-state index contributed by atoms with van der Waals surface area (Å²) in [6.45, 7) is 14.4. The Morgan fingerprint density at radius 1 is 0.961 bits per heavy atom. The fraction of sp³-hybridized carbons (Fsp3) is 0.385. The molecule has 1 aromatic heterocycles. The fourth-order valence-corrected chi connectivity index (χ4v) is 6.15. The lowest BCUT2D eigenvalue weighted by molar-refractivity contribution is 0.0772. The third-order valence-corrected chi connectivity index (χ3v) is 9.55. The number of rotatable bonds is 14. The van der Waals surface area contributed by atoms with Crippen LogP contribution >= 0.6 is 11.6 Å². The van der Waals surface area contributed by atoms with Crippen LogP contribution in [0.5, 0.6) is 17.4 Å². The van der Waals surface area contributed by atoms with Gasteiger partial charge in [-0.25, -0.2) is 9.37 Å². The molecule has 1 fully saturated rings. The number of aromatic nitrogens is 2. The van der Waals surface area contributed by atoms with E-state index in [0.29, 0.717) is 36.6 Å². The van der Waals surface area contributed by atoms with E-state index in [1.807, 2.05) is 46.8 Å². The molecule has 1 aliphatic heterocycles. The van der Waals surface area contributed by atoms with E-state index in [9.17, 15) is 9.59 Å². The first kappa shape index (κ1) is 37.5. The van der Waals surface area contributed by atoms with E-state index >= 15 is 4.39 Å². The van der Waals surface area contributed by atoms with Crippen molar-refractivity contribution >= 4 is 40.7 Å². The number of hydrogen-bond donors (Lipinski definition) is 2. The highest BCUT2D eigenvalue weighted by molar-refractivity contribution is 6.32. The van der Waals surface area contributed by atoms with Gasteiger partial charge in [-0.05, 0) is 120 Å². The van der Waals surface area contributed by atoms with Crippen LogP contribution < -0.4 is 20.1 Å². The summed E-state index contributed by atoms with van der Waals surface area (Å²) >= 11 is 6.60. The SMILES string of the molecule is CCN(CC)C(=O)c1ccc(Oc2nc(Nc3ccc(OCCCN4CCCCC4)c(F)c3)ncc2C(=O)Nc2ccc(C)c(C)c2C)c(Cl)c1. The molecule has 12 heteroatoms. The van der Waals surface area contributed by atoms with Crippen LogP contribution in [0.4, 0.5) is 21.7 Å². The molecule has 0 bridgehead atoms. The predicted molar refractivity (Wildman–Crippen MR) is 200 cm³/mol. The Hall–Kier alpha value is -4.74. The first-order valence-corrected chi connectivity index (χ1v) is 17.9. The van der Waals surface area contributed by atoms with Crippen LogP contribution in [0.2, 0.25) is 5.02 Å². The summed E-state index contributed by atoms with van der Waals surface area (Å²) < 4.78 is 26.9. The van der Waals surface area contributed by atoms with Gasteiger partial charge in [0.15, 0.2) is 11.6 Å². The molecule has 0 unspecified atom stereocenters. The number of carbonyl (C=O) groups excluding carboxylic acids is 2. The molecule has 1 aliphatic rings. The zero-order valence-corrected chi connectivity index (χ0v) is 30.7. The lowest BCUT2D eigenvalue weighted by Crippen LogP contribution is -2.31. The van der Waals surface area contributed by atoms with Gasteiger partial charge in [0, 0.05) is 48.8 Å². The first-order valence-electron chi connectivity index (χ1n) is 17.5. The van der Waals surface area contributed by atoms with Crippen LogP contribution in [-0.4, -0.2) is 70.9 Å². The number of halogens is 2. The molecule has 0 radical (unpaired) electrons. The highest BCUT2D eigenvalue weighted by Gasteiger charge is 2.21. The number of nitrogens with one attached hydrogen (secondary N) is 2. The van der Waals surface area contributed by atoms with Crippen molar-refractivity contribution in [3.05, 3.63) is 93.4 Å². The topological polar surface area (TPSA) is 109 Å². The average Bonchev–Trinajstić information content (AvgIpc) is 3.13. The molecule has 2 heterocycles. The monoisotopic (exact) mass is 716 g/mol. The van der Waals surface area contributed by atoms with Crippen LogP contribution in [0, 0.1) is 26.6 Å². The van der Waals surface area contributed by atoms with E-state index in [4.69, 9.17) is 21.1 Å². The molecule has 0 aliphatic carbocycles. The summed E-state index contributed by atoms with van der Waals surface area (Å²) in [7, 11) is 0. The lowest BCUT2D eigenvalue weighted by Gasteiger charge is -2.26. The summed E-state index contributed by atoms with van der Waals surface area (Å²) in [5.74, 6) is -0.877. The molecular formula is C39H46ClFN6O4. The third kappa shape index (κ3) is 9.53. The summed E-state index contributed by atoms with van der Waals surface area (Å²) in [6, 6.07) is 13.0. The average molecular weight is 717 g/mol. The van der Waals surface area contributed by atoms with Crippen LogP contribution in [0.15, 0.2) is 54.7 Å². The molecule has 3 aromatic carbocycles. The molecule has 10 nitrogen and oxygen atoms in total. The lowest BCUT2D eigenvalue weighted by atomic mass is 10.0. The van der Waals surface area contributed by atoms with Gasteiger partial charge in [0.25, 0.3) is 11.8 Å². The molecule has 1 saturated heterocycles. The zero-order chi connectivity index (χ0) is 36.5. The van der Waals surface area contributed by atoms with Crippen molar-refractivity contribution in [3.63, 3.8) is 0 Å². The highest BCUT2D eigenvalue weighted by atomic mass is 35.5. The first-order chi connectivity index (χ1) is 24.6. The van der Waals surface area contributed by atoms with E-state index in [1.165, 1.54) is 37.6 Å². The van der Waals surface area contributed by atoms with Gasteiger partial charge in [-0.15, -0.1) is 0 Å². The van der Waals surface area contributed by atoms with E-state index < -0.39 is 11.7 Å². The Morgan fingerprint density at radius 3 is 2.41 bits per heavy atom. The van der Waals surface area contributed by atoms with Gasteiger partial charge in [-0.2, -0.15) is 4.98 Å². The second kappa shape index (κ2) is 17.5. The van der Waals surface area contributed by atoms with E-state index in [2.05, 4.69) is 25.5 Å². The number of likely N-dealkylation sites (tertiary alicyclic amines) is 1. The van der Waals surface area contributed by atoms with Crippen molar-refractivity contribution in [3.8, 4) is 17.4 Å². The van der Waals surface area contributed by atoms with Crippen molar-refractivity contribution in [1.82, 2.24) is 19.8 Å². The second-order valence-electron chi connectivity index (χ2n) is 12.6. The van der Waals surface area contributed by atoms with Gasteiger partial charge in [-0.3, -0.25) is 9.59 Å². The maximum atomic E-state index is 15.1. The minimum absolute atomic E-state index is 0.0389. The van der Waals surface area contributed by atoms with Gasteiger partial charge >= 0.3 is 0 Å². The molecule has 2 amide bonds. The van der Waals surface area contributed by atoms with Gasteiger partial charge in [-0.1, -0.05) is 24.1 Å². The minimum atomic E-state index is -0.527. The fourth-order valence-electron chi connectivity index (χ4n) is 5.93. The Morgan fingerprint density at radius 2 is 1.71 bits per heavy atom. The van der Waals surface area contributed by atoms with Crippen LogP contribution in [0.25, 0.3) is 0 Å². The number of anilines is 3. The van der Waals surface area contributed by atoms with Crippen molar-refractivity contribution in [2.45, 2.75) is 60.3 Å². The predicted octanol–water partition coefficient (Wildman–Crippen LogP) is 8.72. The zero-order valence-electron chi connectivity index (χ0n) is 29.9. The second-order valence-corrected chi connectivity index (χ2v) is 13.1. The molecule has 270 valence electrons. The standard InChI is InChI=1S/C39H46ClFN6O4/c1-6-47(7-2)38(49)28-13-16-34(31(40)22-28)51-37-30(36(48)44-33-15-12-25(3)26(4)27(33)5)24-42-39(45-37)43-29-14-17-35(32(41)23-29)50-21-11-20-46-18-9-8-10-19-46/h12-17,22-24H,6-11,18-21H2,1-5H3,(H,44,48)(H,42,43,45). The normalized spacial score (nSPS) is 13.1. The van der Waals surface area contributed by atoms with Gasteiger partial charge in [0.1, 0.15) is 11.3 Å². The van der Waals surface area contributed by atoms with Crippen molar-refractivity contribution in [2.24, 2.45) is 0 Å². The number of nitrogens with zero attached hydrogens (tertiary/aromatic N) is 4. The maximum Gasteiger partial charge on any atom is 0.262 e. The molecule has 5 rings (SSSR count). The van der Waals surface area contributed by atoms with Crippen LogP contribution in [-0.2, 0) is 0 Å². The summed E-state index contributed by atoms with van der Waals surface area (Å²) in [5.41, 5.74) is 4.55. The quantitative estimate of drug-likeness (QED) is 0.125. The molecule has 0 spiro atoms. The number of aryl methyl sites for hydroxylation is 1. The summed E-state index contributed by atoms with van der Waals surface area (Å²) in [6.07, 6.45) is 5.89. The largest absolute Gasteiger partial charge is 0.490 e. The number of piperidine rings is 1.